The van der Waals surface area contributed by atoms with E-state index in [0.717, 1.165) is 5.56 Å². The Balaban J connectivity index is 2.00. The molecule has 1 atom stereocenters. The largest absolute Gasteiger partial charge is 0.340 e. The Morgan fingerprint density at radius 1 is 1.38 bits per heavy atom. The maximum Gasteiger partial charge on any atom is 0.253 e. The molecule has 2 aromatic rings. The maximum atomic E-state index is 12.4. The summed E-state index contributed by atoms with van der Waals surface area (Å²) in [5.74, 6) is -0.663. The zero-order valence-corrected chi connectivity index (χ0v) is 15.1. The van der Waals surface area contributed by atoms with E-state index in [-0.39, 0.29) is 21.5 Å². The maximum absolute atomic E-state index is 12.4. The predicted octanol–water partition coefficient (Wildman–Crippen LogP) is 2.50. The van der Waals surface area contributed by atoms with Crippen molar-refractivity contribution in [2.24, 2.45) is 7.05 Å². The van der Waals surface area contributed by atoms with Gasteiger partial charge >= 0.3 is 0 Å². The lowest BCUT2D eigenvalue weighted by molar-refractivity contribution is -0.132. The normalized spacial score (nSPS) is 11.9. The van der Waals surface area contributed by atoms with Gasteiger partial charge in [-0.15, -0.1) is 0 Å². The highest BCUT2D eigenvalue weighted by atomic mass is 35.5. The zero-order valence-electron chi connectivity index (χ0n) is 13.6. The van der Waals surface area contributed by atoms with Gasteiger partial charge in [-0.3, -0.25) is 14.3 Å². The summed E-state index contributed by atoms with van der Waals surface area (Å²) in [5.41, 5.74) is 1.14. The van der Waals surface area contributed by atoms with E-state index < -0.39 is 11.9 Å². The van der Waals surface area contributed by atoms with Crippen LogP contribution in [-0.2, 0) is 18.4 Å². The number of hydrogen-bond donors (Lipinski definition) is 1. The van der Waals surface area contributed by atoms with Crippen molar-refractivity contribution in [2.45, 2.75) is 19.5 Å². The molecule has 0 fully saturated rings. The molecule has 1 aromatic carbocycles. The fourth-order valence-electron chi connectivity index (χ4n) is 2.25. The van der Waals surface area contributed by atoms with E-state index in [1.807, 2.05) is 13.2 Å². The SMILES string of the molecule is C[C@@H](NC(=O)c1cccc(Cl)c1Cl)C(=O)N(C)Cc1cnn(C)c1. The lowest BCUT2D eigenvalue weighted by Crippen LogP contribution is -2.45. The highest BCUT2D eigenvalue weighted by Gasteiger charge is 2.22. The molecule has 0 radical (unpaired) electrons. The topological polar surface area (TPSA) is 67.2 Å². The van der Waals surface area contributed by atoms with Crippen molar-refractivity contribution in [1.82, 2.24) is 20.0 Å². The highest BCUT2D eigenvalue weighted by molar-refractivity contribution is 6.43. The molecule has 1 aromatic heterocycles. The van der Waals surface area contributed by atoms with Gasteiger partial charge in [0.25, 0.3) is 5.91 Å². The van der Waals surface area contributed by atoms with Gasteiger partial charge in [0.1, 0.15) is 6.04 Å². The van der Waals surface area contributed by atoms with Crippen molar-refractivity contribution in [3.63, 3.8) is 0 Å². The molecular weight excluding hydrogens is 351 g/mol. The molecule has 8 heteroatoms. The van der Waals surface area contributed by atoms with Gasteiger partial charge in [0.05, 0.1) is 21.8 Å². The van der Waals surface area contributed by atoms with E-state index in [9.17, 15) is 9.59 Å². The number of benzene rings is 1. The van der Waals surface area contributed by atoms with Crippen LogP contribution in [0, 0.1) is 0 Å². The third kappa shape index (κ3) is 4.27. The average Bonchev–Trinajstić information content (AvgIpc) is 2.93. The molecule has 128 valence electrons. The molecule has 2 rings (SSSR count). The van der Waals surface area contributed by atoms with Crippen LogP contribution in [0.4, 0.5) is 0 Å². The van der Waals surface area contributed by atoms with Crippen molar-refractivity contribution in [3.8, 4) is 0 Å². The number of rotatable bonds is 5. The van der Waals surface area contributed by atoms with Crippen LogP contribution in [0.3, 0.4) is 0 Å². The number of aryl methyl sites for hydroxylation is 1. The third-order valence-corrected chi connectivity index (χ3v) is 4.29. The van der Waals surface area contributed by atoms with E-state index in [1.54, 1.807) is 43.0 Å². The minimum atomic E-state index is -0.700. The van der Waals surface area contributed by atoms with Gasteiger partial charge in [-0.2, -0.15) is 5.10 Å². The lowest BCUT2D eigenvalue weighted by Gasteiger charge is -2.21. The van der Waals surface area contributed by atoms with E-state index in [4.69, 9.17) is 23.2 Å². The molecule has 0 saturated heterocycles. The molecule has 2 amide bonds. The standard InChI is InChI=1S/C16H18Cl2N4O2/c1-10(16(24)21(2)8-11-7-19-22(3)9-11)20-15(23)12-5-4-6-13(17)14(12)18/h4-7,9-10H,8H2,1-3H3,(H,20,23)/t10-/m1/s1. The summed E-state index contributed by atoms with van der Waals surface area (Å²) in [6.07, 6.45) is 3.53. The zero-order chi connectivity index (χ0) is 17.9. The van der Waals surface area contributed by atoms with Gasteiger partial charge in [0.2, 0.25) is 5.91 Å². The highest BCUT2D eigenvalue weighted by Crippen LogP contribution is 2.25. The number of nitrogens with one attached hydrogen (secondary N) is 1. The van der Waals surface area contributed by atoms with Crippen molar-refractivity contribution in [3.05, 3.63) is 51.8 Å². The number of amides is 2. The Morgan fingerprint density at radius 2 is 2.08 bits per heavy atom. The molecule has 0 spiro atoms. The number of carbonyl (C=O) groups excluding carboxylic acids is 2. The average molecular weight is 369 g/mol. The molecule has 0 aliphatic rings. The fourth-order valence-corrected chi connectivity index (χ4v) is 2.64. The summed E-state index contributed by atoms with van der Waals surface area (Å²) < 4.78 is 1.67. The van der Waals surface area contributed by atoms with Crippen LogP contribution < -0.4 is 5.32 Å². The molecule has 6 nitrogen and oxygen atoms in total. The first-order chi connectivity index (χ1) is 11.3. The predicted molar refractivity (Wildman–Crippen MR) is 93.1 cm³/mol. The van der Waals surface area contributed by atoms with Crippen LogP contribution in [-0.4, -0.2) is 39.6 Å². The number of hydrogen-bond acceptors (Lipinski definition) is 3. The van der Waals surface area contributed by atoms with Crippen LogP contribution in [0.15, 0.2) is 30.6 Å². The smallest absolute Gasteiger partial charge is 0.253 e. The third-order valence-electron chi connectivity index (χ3n) is 3.47. The Hall–Kier alpha value is -2.05. The molecular formula is C16H18Cl2N4O2. The number of aromatic nitrogens is 2. The molecule has 0 aliphatic carbocycles. The van der Waals surface area contributed by atoms with E-state index in [1.165, 1.54) is 4.90 Å². The van der Waals surface area contributed by atoms with E-state index in [0.29, 0.717) is 6.54 Å². The van der Waals surface area contributed by atoms with Crippen LogP contribution in [0.1, 0.15) is 22.8 Å². The molecule has 0 saturated carbocycles. The Bertz CT molecular complexity index is 760. The first-order valence-corrected chi connectivity index (χ1v) is 8.02. The van der Waals surface area contributed by atoms with Crippen molar-refractivity contribution in [2.75, 3.05) is 7.05 Å². The van der Waals surface area contributed by atoms with Crippen molar-refractivity contribution in [1.29, 1.82) is 0 Å². The minimum Gasteiger partial charge on any atom is -0.340 e. The number of likely N-dealkylation sites (N-methyl/N-ethyl adjacent to an activating group) is 1. The number of nitrogens with zero attached hydrogens (tertiary/aromatic N) is 3. The number of halogens is 2. The second-order valence-electron chi connectivity index (χ2n) is 5.51. The summed E-state index contributed by atoms with van der Waals surface area (Å²) in [7, 11) is 3.48. The molecule has 1 N–H and O–H groups in total. The Morgan fingerprint density at radius 3 is 2.71 bits per heavy atom. The molecule has 0 aliphatic heterocycles. The fraction of sp³-hybridized carbons (Fsp3) is 0.312. The summed E-state index contributed by atoms with van der Waals surface area (Å²) >= 11 is 11.9. The van der Waals surface area contributed by atoms with Crippen molar-refractivity contribution < 1.29 is 9.59 Å². The lowest BCUT2D eigenvalue weighted by atomic mass is 10.2. The van der Waals surface area contributed by atoms with Crippen LogP contribution in [0.5, 0.6) is 0 Å². The van der Waals surface area contributed by atoms with E-state index >= 15 is 0 Å². The molecule has 1 heterocycles. The van der Waals surface area contributed by atoms with Gasteiger partial charge < -0.3 is 10.2 Å². The van der Waals surface area contributed by atoms with Crippen LogP contribution in [0.2, 0.25) is 10.0 Å². The molecule has 0 bridgehead atoms. The van der Waals surface area contributed by atoms with Crippen LogP contribution in [0.25, 0.3) is 0 Å². The number of carbonyl (C=O) groups is 2. The quantitative estimate of drug-likeness (QED) is 0.881. The van der Waals surface area contributed by atoms with Gasteiger partial charge in [-0.1, -0.05) is 29.3 Å². The summed E-state index contributed by atoms with van der Waals surface area (Å²) in [6.45, 7) is 2.03. The first-order valence-electron chi connectivity index (χ1n) is 7.27. The van der Waals surface area contributed by atoms with Crippen molar-refractivity contribution >= 4 is 35.0 Å². The van der Waals surface area contributed by atoms with Crippen LogP contribution >= 0.6 is 23.2 Å². The first kappa shape index (κ1) is 18.3. The van der Waals surface area contributed by atoms with E-state index in [2.05, 4.69) is 10.4 Å². The Kier molecular flexibility index (Phi) is 5.85. The monoisotopic (exact) mass is 368 g/mol. The Labute approximate surface area is 150 Å². The summed E-state index contributed by atoms with van der Waals surface area (Å²) in [5, 5.41) is 7.16. The van der Waals surface area contributed by atoms with Gasteiger partial charge in [0.15, 0.2) is 0 Å². The van der Waals surface area contributed by atoms with Gasteiger partial charge in [-0.25, -0.2) is 0 Å². The van der Waals surface area contributed by atoms with Gasteiger partial charge in [0, 0.05) is 32.4 Å². The summed E-state index contributed by atoms with van der Waals surface area (Å²) in [6, 6.07) is 4.08. The summed E-state index contributed by atoms with van der Waals surface area (Å²) in [4.78, 5) is 26.2. The second kappa shape index (κ2) is 7.68. The molecule has 0 unspecified atom stereocenters. The van der Waals surface area contributed by atoms with Gasteiger partial charge in [-0.05, 0) is 19.1 Å². The minimum absolute atomic E-state index is 0.167. The molecule has 24 heavy (non-hydrogen) atoms. The second-order valence-corrected chi connectivity index (χ2v) is 6.30.